The van der Waals surface area contributed by atoms with Crippen molar-refractivity contribution in [3.05, 3.63) is 108 Å². The van der Waals surface area contributed by atoms with E-state index in [-0.39, 0.29) is 17.6 Å². The summed E-state index contributed by atoms with van der Waals surface area (Å²) >= 11 is 0. The van der Waals surface area contributed by atoms with E-state index in [9.17, 15) is 4.79 Å². The quantitative estimate of drug-likeness (QED) is 0.0675. The van der Waals surface area contributed by atoms with Crippen LogP contribution in [0.5, 0.6) is 23.0 Å². The number of benzene rings is 2. The van der Waals surface area contributed by atoms with E-state index in [0.717, 1.165) is 42.1 Å². The van der Waals surface area contributed by atoms with Crippen molar-refractivity contribution in [3.8, 4) is 23.0 Å². The molecule has 0 saturated carbocycles. The number of unbranched alkanes of at least 4 members (excludes halogenated alkanes) is 2. The average molecular weight is 688 g/mol. The summed E-state index contributed by atoms with van der Waals surface area (Å²) in [5.41, 5.74) is 3.32. The van der Waals surface area contributed by atoms with Crippen molar-refractivity contribution in [2.24, 2.45) is 5.92 Å². The van der Waals surface area contributed by atoms with Crippen molar-refractivity contribution < 1.29 is 33.2 Å². The highest BCUT2D eigenvalue weighted by Gasteiger charge is 2.38. The van der Waals surface area contributed by atoms with Gasteiger partial charge in [0.2, 0.25) is 0 Å². The number of nitrogens with one attached hydrogen (secondary N) is 1. The molecule has 1 amide bonds. The molecule has 50 heavy (non-hydrogen) atoms. The average Bonchev–Trinajstić information content (AvgIpc) is 3.43. The van der Waals surface area contributed by atoms with Gasteiger partial charge in [-0.3, -0.25) is 9.69 Å². The molecule has 1 N–H and O–H groups in total. The largest absolute Gasteiger partial charge is 0.497 e. The summed E-state index contributed by atoms with van der Waals surface area (Å²) in [6.07, 6.45) is 15.9. The van der Waals surface area contributed by atoms with Gasteiger partial charge in [0.15, 0.2) is 5.76 Å². The molecule has 0 spiro atoms. The first-order chi connectivity index (χ1) is 24.2. The van der Waals surface area contributed by atoms with Crippen molar-refractivity contribution in [1.82, 2.24) is 4.90 Å². The molecule has 2 atom stereocenters. The Kier molecular flexibility index (Phi) is 15.4. The summed E-state index contributed by atoms with van der Waals surface area (Å²) in [6, 6.07) is 11.4. The Morgan fingerprint density at radius 3 is 2.08 bits per heavy atom. The molecule has 1 fully saturated rings. The van der Waals surface area contributed by atoms with Crippen LogP contribution in [0.15, 0.2) is 108 Å². The highest BCUT2D eigenvalue weighted by Crippen LogP contribution is 2.40. The molecule has 0 aromatic heterocycles. The lowest BCUT2D eigenvalue weighted by Gasteiger charge is -2.27. The molecule has 10 heteroatoms. The van der Waals surface area contributed by atoms with Crippen molar-refractivity contribution in [2.75, 3.05) is 52.3 Å². The maximum Gasteiger partial charge on any atom is 0.293 e. The van der Waals surface area contributed by atoms with E-state index in [4.69, 9.17) is 28.4 Å². The van der Waals surface area contributed by atoms with E-state index in [1.54, 1.807) is 52.6 Å². The van der Waals surface area contributed by atoms with Gasteiger partial charge in [0.05, 0.1) is 35.5 Å². The van der Waals surface area contributed by atoms with Gasteiger partial charge in [-0.1, -0.05) is 51.5 Å². The molecule has 0 aliphatic carbocycles. The number of methoxy groups -OCH3 is 5. The van der Waals surface area contributed by atoms with Crippen molar-refractivity contribution in [3.63, 3.8) is 0 Å². The van der Waals surface area contributed by atoms with Gasteiger partial charge in [-0.05, 0) is 74.8 Å². The van der Waals surface area contributed by atoms with E-state index in [0.29, 0.717) is 35.2 Å². The minimum Gasteiger partial charge on any atom is -0.497 e. The van der Waals surface area contributed by atoms with Crippen molar-refractivity contribution in [2.45, 2.75) is 53.3 Å². The summed E-state index contributed by atoms with van der Waals surface area (Å²) in [5, 5.41) is 3.35. The Bertz CT molecular complexity index is 1570. The minimum atomic E-state index is -0.763. The molecule has 1 aliphatic rings. The molecule has 2 aromatic rings. The fourth-order valence-corrected chi connectivity index (χ4v) is 5.29. The standard InChI is InChI=1S/C40H53N3O7/c1-11-14-15-24-42-39(44)37(50-40(42)41-38-35(48-9)26-34(47-8)27-36(38)49-10)25-28(4)16-18-30(12-2)43(31(13-3)19-17-29(5)45-6)32-20-22-33(46-7)23-21-32/h12-13,16-23,25-28,40-41H,5,11,14-15,24H2,1-4,6-10H3/b18-16-,19-17-,30-12+,31-13+,37-25+. The van der Waals surface area contributed by atoms with E-state index in [1.165, 1.54) is 0 Å². The molecule has 2 aromatic carbocycles. The van der Waals surface area contributed by atoms with Crippen LogP contribution >= 0.6 is 0 Å². The number of nitrogens with zero attached hydrogens (tertiary/aromatic N) is 2. The van der Waals surface area contributed by atoms with Crippen LogP contribution in [0.3, 0.4) is 0 Å². The molecule has 1 saturated heterocycles. The van der Waals surface area contributed by atoms with Crippen LogP contribution in [0.2, 0.25) is 0 Å². The van der Waals surface area contributed by atoms with Gasteiger partial charge in [-0.15, -0.1) is 0 Å². The van der Waals surface area contributed by atoms with Crippen LogP contribution in [-0.4, -0.2) is 59.3 Å². The van der Waals surface area contributed by atoms with Crippen LogP contribution in [0.1, 0.15) is 47.0 Å². The minimum absolute atomic E-state index is 0.152. The fourth-order valence-electron chi connectivity index (χ4n) is 5.29. The van der Waals surface area contributed by atoms with Gasteiger partial charge in [-0.25, -0.2) is 0 Å². The van der Waals surface area contributed by atoms with Gasteiger partial charge >= 0.3 is 0 Å². The van der Waals surface area contributed by atoms with Gasteiger partial charge < -0.3 is 38.6 Å². The second-order valence-electron chi connectivity index (χ2n) is 11.4. The number of allylic oxidation sites excluding steroid dienone is 7. The molecule has 3 rings (SSSR count). The third-order valence-corrected chi connectivity index (χ3v) is 8.10. The van der Waals surface area contributed by atoms with Crippen LogP contribution in [-0.2, 0) is 14.3 Å². The number of hydrogen-bond donors (Lipinski definition) is 1. The lowest BCUT2D eigenvalue weighted by molar-refractivity contribution is -0.126. The number of carbonyl (C=O) groups excluding carboxylic acids is 1. The number of carbonyl (C=O) groups is 1. The molecule has 1 aliphatic heterocycles. The van der Waals surface area contributed by atoms with Crippen LogP contribution in [0, 0.1) is 5.92 Å². The summed E-state index contributed by atoms with van der Waals surface area (Å²) in [5.74, 6) is 2.82. The Labute approximate surface area is 297 Å². The van der Waals surface area contributed by atoms with Gasteiger partial charge in [0.25, 0.3) is 12.3 Å². The maximum atomic E-state index is 13.8. The molecular weight excluding hydrogens is 634 g/mol. The third-order valence-electron chi connectivity index (χ3n) is 8.10. The zero-order valence-corrected chi connectivity index (χ0v) is 30.9. The summed E-state index contributed by atoms with van der Waals surface area (Å²) in [4.78, 5) is 17.6. The van der Waals surface area contributed by atoms with E-state index in [1.807, 2.05) is 87.6 Å². The number of amides is 1. The van der Waals surface area contributed by atoms with Crippen molar-refractivity contribution in [1.29, 1.82) is 0 Å². The summed E-state index contributed by atoms with van der Waals surface area (Å²) in [7, 11) is 7.95. The number of rotatable bonds is 19. The zero-order valence-electron chi connectivity index (χ0n) is 30.9. The van der Waals surface area contributed by atoms with E-state index in [2.05, 4.69) is 23.7 Å². The zero-order chi connectivity index (χ0) is 36.6. The second kappa shape index (κ2) is 19.7. The van der Waals surface area contributed by atoms with E-state index >= 15 is 0 Å². The van der Waals surface area contributed by atoms with Crippen molar-refractivity contribution >= 4 is 17.3 Å². The Balaban J connectivity index is 1.94. The lowest BCUT2D eigenvalue weighted by atomic mass is 10.1. The van der Waals surface area contributed by atoms with Gasteiger partial charge in [0.1, 0.15) is 34.4 Å². The number of hydrogen-bond acceptors (Lipinski definition) is 9. The Morgan fingerprint density at radius 2 is 1.54 bits per heavy atom. The molecule has 10 nitrogen and oxygen atoms in total. The number of anilines is 2. The first kappa shape index (κ1) is 39.2. The monoisotopic (exact) mass is 687 g/mol. The van der Waals surface area contributed by atoms with Crippen LogP contribution in [0.4, 0.5) is 11.4 Å². The maximum absolute atomic E-state index is 13.8. The van der Waals surface area contributed by atoms with Gasteiger partial charge in [-0.2, -0.15) is 0 Å². The normalized spacial score (nSPS) is 16.5. The Morgan fingerprint density at radius 1 is 0.920 bits per heavy atom. The molecule has 270 valence electrons. The third kappa shape index (κ3) is 10.1. The lowest BCUT2D eigenvalue weighted by Crippen LogP contribution is -2.39. The molecule has 0 bridgehead atoms. The smallest absolute Gasteiger partial charge is 0.293 e. The highest BCUT2D eigenvalue weighted by atomic mass is 16.5. The van der Waals surface area contributed by atoms with Crippen LogP contribution in [0.25, 0.3) is 0 Å². The van der Waals surface area contributed by atoms with E-state index < -0.39 is 6.35 Å². The number of ether oxygens (including phenoxy) is 6. The van der Waals surface area contributed by atoms with Gasteiger partial charge in [0, 0.05) is 35.8 Å². The first-order valence-corrected chi connectivity index (χ1v) is 16.8. The highest BCUT2D eigenvalue weighted by molar-refractivity contribution is 5.93. The SMILES string of the molecule is C=C(/C=C\C(=C/C)N(C(/C=C\C(C)/C=C1/OC(Nc2c(OC)cc(OC)cc2OC)N(CCCCC)C1=O)=C/C)c1ccc(OC)cc1)OC. The fraction of sp³-hybridized carbons (Fsp3) is 0.375. The Hall–Kier alpha value is -5.25. The molecule has 1 heterocycles. The predicted octanol–water partition coefficient (Wildman–Crippen LogP) is 8.57. The van der Waals surface area contributed by atoms with Crippen LogP contribution < -0.4 is 29.2 Å². The topological polar surface area (TPSA) is 91.0 Å². The summed E-state index contributed by atoms with van der Waals surface area (Å²) in [6.45, 7) is 12.6. The second-order valence-corrected chi connectivity index (χ2v) is 11.4. The molecule has 2 unspecified atom stereocenters. The molecular formula is C40H53N3O7. The predicted molar refractivity (Wildman–Crippen MR) is 200 cm³/mol. The summed E-state index contributed by atoms with van der Waals surface area (Å²) < 4.78 is 33.7. The first-order valence-electron chi connectivity index (χ1n) is 16.8. The molecule has 0 radical (unpaired) electrons.